The summed E-state index contributed by atoms with van der Waals surface area (Å²) < 4.78 is 19.9. The van der Waals surface area contributed by atoms with E-state index in [2.05, 4.69) is 15.3 Å². The Balaban J connectivity index is 1.90. The number of aromatic nitrogens is 2. The molecular formula is C21H23FN4O3S. The quantitative estimate of drug-likeness (QED) is 0.532. The van der Waals surface area contributed by atoms with Crippen molar-refractivity contribution in [1.29, 1.82) is 0 Å². The van der Waals surface area contributed by atoms with E-state index >= 15 is 0 Å². The molecular weight excluding hydrogens is 407 g/mol. The first-order chi connectivity index (χ1) is 14.2. The van der Waals surface area contributed by atoms with Crippen molar-refractivity contribution in [2.24, 2.45) is 5.73 Å². The number of hydrogen-bond acceptors (Lipinski definition) is 7. The van der Waals surface area contributed by atoms with Crippen LogP contribution in [0.25, 0.3) is 21.3 Å². The topological polar surface area (TPSA) is 110 Å². The number of carbonyl (C=O) groups excluding carboxylic acids is 1. The molecule has 1 atom stereocenters. The van der Waals surface area contributed by atoms with Gasteiger partial charge in [0.2, 0.25) is 0 Å². The van der Waals surface area contributed by atoms with Crippen molar-refractivity contribution in [2.45, 2.75) is 38.1 Å². The van der Waals surface area contributed by atoms with Crippen LogP contribution in [0.2, 0.25) is 0 Å². The number of primary amides is 1. The molecule has 0 saturated carbocycles. The summed E-state index contributed by atoms with van der Waals surface area (Å²) in [5, 5.41) is 14.1. The standard InChI is InChI=1S/C21H23FN4O3S/c1-21(2,28)17(22)6-15-18(20(23)27)19(25-12-8-29-9-12)13-5-11(3-4-14(13)26-15)16-7-24-10-30-16/h3-5,7,10,12,17,28H,6,8-9H2,1-2H3,(H2,23,27)(H,25,26). The largest absolute Gasteiger partial charge is 0.387 e. The molecule has 1 aliphatic rings. The fourth-order valence-electron chi connectivity index (χ4n) is 3.33. The third-order valence-corrected chi connectivity index (χ3v) is 5.97. The molecule has 2 aromatic heterocycles. The Bertz CT molecular complexity index is 1080. The molecule has 3 heterocycles. The van der Waals surface area contributed by atoms with E-state index in [-0.39, 0.29) is 23.7 Å². The molecule has 0 aliphatic carbocycles. The highest BCUT2D eigenvalue weighted by Gasteiger charge is 2.31. The van der Waals surface area contributed by atoms with Gasteiger partial charge in [0.25, 0.3) is 5.91 Å². The Hall–Kier alpha value is -2.62. The van der Waals surface area contributed by atoms with Crippen molar-refractivity contribution < 1.29 is 19.0 Å². The van der Waals surface area contributed by atoms with E-state index < -0.39 is 17.7 Å². The summed E-state index contributed by atoms with van der Waals surface area (Å²) in [6.45, 7) is 3.77. The second kappa shape index (κ2) is 7.90. The number of nitrogens with two attached hydrogens (primary N) is 1. The lowest BCUT2D eigenvalue weighted by Gasteiger charge is -2.30. The number of fused-ring (bicyclic) bond motifs is 1. The molecule has 1 aliphatic heterocycles. The van der Waals surface area contributed by atoms with Gasteiger partial charge in [-0.1, -0.05) is 6.07 Å². The molecule has 0 bridgehead atoms. The highest BCUT2D eigenvalue weighted by Crippen LogP contribution is 2.35. The number of amides is 1. The molecule has 0 spiro atoms. The number of halogens is 1. The Kier molecular flexibility index (Phi) is 5.44. The maximum atomic E-state index is 14.7. The zero-order valence-electron chi connectivity index (χ0n) is 16.7. The van der Waals surface area contributed by atoms with Gasteiger partial charge in [-0.2, -0.15) is 0 Å². The summed E-state index contributed by atoms with van der Waals surface area (Å²) in [6.07, 6.45) is -0.0756. The van der Waals surface area contributed by atoms with E-state index in [9.17, 15) is 14.3 Å². The summed E-state index contributed by atoms with van der Waals surface area (Å²) in [5.41, 5.74) is 8.31. The minimum absolute atomic E-state index is 0.0177. The van der Waals surface area contributed by atoms with Crippen molar-refractivity contribution in [3.63, 3.8) is 0 Å². The van der Waals surface area contributed by atoms with Gasteiger partial charge in [-0.05, 0) is 31.5 Å². The number of alkyl halides is 1. The lowest BCUT2D eigenvalue weighted by atomic mass is 9.94. The highest BCUT2D eigenvalue weighted by atomic mass is 32.1. The first kappa shape index (κ1) is 20.6. The van der Waals surface area contributed by atoms with Crippen molar-refractivity contribution >= 4 is 33.8 Å². The van der Waals surface area contributed by atoms with Crippen LogP contribution in [0, 0.1) is 0 Å². The normalized spacial score (nSPS) is 15.7. The fraction of sp³-hybridized carbons (Fsp3) is 0.381. The number of ether oxygens (including phenoxy) is 1. The van der Waals surface area contributed by atoms with Gasteiger partial charge in [0.1, 0.15) is 6.17 Å². The van der Waals surface area contributed by atoms with Crippen molar-refractivity contribution in [3.8, 4) is 10.4 Å². The summed E-state index contributed by atoms with van der Waals surface area (Å²) in [4.78, 5) is 22.1. The second-order valence-electron chi connectivity index (χ2n) is 7.97. The lowest BCUT2D eigenvalue weighted by molar-refractivity contribution is -0.00305. The average Bonchev–Trinajstić information content (AvgIpc) is 3.17. The average molecular weight is 431 g/mol. The molecule has 0 radical (unpaired) electrons. The van der Waals surface area contributed by atoms with Crippen LogP contribution in [0.5, 0.6) is 0 Å². The van der Waals surface area contributed by atoms with Gasteiger partial charge in [-0.3, -0.25) is 14.8 Å². The molecule has 30 heavy (non-hydrogen) atoms. The number of thiazole rings is 1. The smallest absolute Gasteiger partial charge is 0.252 e. The SMILES string of the molecule is CC(C)(O)C(F)Cc1nc2ccc(-c3cncs3)cc2c(NC2COC2)c1C(N)=O. The van der Waals surface area contributed by atoms with Gasteiger partial charge >= 0.3 is 0 Å². The van der Waals surface area contributed by atoms with E-state index in [0.717, 1.165) is 10.4 Å². The Morgan fingerprint density at radius 3 is 2.80 bits per heavy atom. The maximum absolute atomic E-state index is 14.7. The number of pyridine rings is 1. The molecule has 1 unspecified atom stereocenters. The summed E-state index contributed by atoms with van der Waals surface area (Å²) >= 11 is 1.50. The first-order valence-electron chi connectivity index (χ1n) is 9.60. The van der Waals surface area contributed by atoms with Crippen molar-refractivity contribution in [2.75, 3.05) is 18.5 Å². The predicted octanol–water partition coefficient (Wildman–Crippen LogP) is 2.92. The Morgan fingerprint density at radius 1 is 1.47 bits per heavy atom. The number of nitrogens with one attached hydrogen (secondary N) is 1. The fourth-order valence-corrected chi connectivity index (χ4v) is 3.95. The first-order valence-corrected chi connectivity index (χ1v) is 10.5. The van der Waals surface area contributed by atoms with Gasteiger partial charge < -0.3 is 20.9 Å². The number of aliphatic hydroxyl groups is 1. The third-order valence-electron chi connectivity index (χ3n) is 5.15. The molecule has 158 valence electrons. The molecule has 3 aromatic rings. The lowest BCUT2D eigenvalue weighted by Crippen LogP contribution is -2.41. The minimum Gasteiger partial charge on any atom is -0.387 e. The van der Waals surface area contributed by atoms with Crippen LogP contribution in [-0.2, 0) is 11.2 Å². The molecule has 1 aromatic carbocycles. The van der Waals surface area contributed by atoms with Gasteiger partial charge in [0.05, 0.1) is 57.7 Å². The second-order valence-corrected chi connectivity index (χ2v) is 8.86. The molecule has 1 saturated heterocycles. The van der Waals surface area contributed by atoms with Crippen LogP contribution in [0.1, 0.15) is 29.9 Å². The number of benzene rings is 1. The Labute approximate surface area is 177 Å². The van der Waals surface area contributed by atoms with Gasteiger partial charge in [0, 0.05) is 18.0 Å². The van der Waals surface area contributed by atoms with Gasteiger partial charge in [-0.15, -0.1) is 11.3 Å². The van der Waals surface area contributed by atoms with Crippen molar-refractivity contribution in [1.82, 2.24) is 9.97 Å². The molecule has 9 heteroatoms. The number of hydrogen-bond donors (Lipinski definition) is 3. The van der Waals surface area contributed by atoms with Gasteiger partial charge in [0.15, 0.2) is 0 Å². The summed E-state index contributed by atoms with van der Waals surface area (Å²) in [5.74, 6) is -0.701. The molecule has 4 N–H and O–H groups in total. The zero-order valence-corrected chi connectivity index (χ0v) is 17.5. The molecule has 4 rings (SSSR count). The number of anilines is 1. The highest BCUT2D eigenvalue weighted by molar-refractivity contribution is 7.13. The van der Waals surface area contributed by atoms with Crippen LogP contribution in [0.3, 0.4) is 0 Å². The molecule has 7 nitrogen and oxygen atoms in total. The van der Waals surface area contributed by atoms with Crippen LogP contribution in [-0.4, -0.2) is 52.0 Å². The number of carbonyl (C=O) groups is 1. The summed E-state index contributed by atoms with van der Waals surface area (Å²) in [7, 11) is 0. The van der Waals surface area contributed by atoms with E-state index in [1.165, 1.54) is 25.2 Å². The molecule has 1 amide bonds. The zero-order chi connectivity index (χ0) is 21.5. The van der Waals surface area contributed by atoms with Crippen LogP contribution < -0.4 is 11.1 Å². The Morgan fingerprint density at radius 2 is 2.23 bits per heavy atom. The van der Waals surface area contributed by atoms with Gasteiger partial charge in [-0.25, -0.2) is 4.39 Å². The number of rotatable bonds is 7. The van der Waals surface area contributed by atoms with Crippen molar-refractivity contribution in [3.05, 3.63) is 41.2 Å². The predicted molar refractivity (Wildman–Crippen MR) is 114 cm³/mol. The molecule has 1 fully saturated rings. The van der Waals surface area contributed by atoms with E-state index in [1.807, 2.05) is 18.2 Å². The third kappa shape index (κ3) is 4.00. The monoisotopic (exact) mass is 430 g/mol. The number of nitrogens with zero attached hydrogens (tertiary/aromatic N) is 2. The maximum Gasteiger partial charge on any atom is 0.252 e. The van der Waals surface area contributed by atoms with E-state index in [1.54, 1.807) is 11.7 Å². The van der Waals surface area contributed by atoms with Crippen LogP contribution >= 0.6 is 11.3 Å². The van der Waals surface area contributed by atoms with E-state index in [0.29, 0.717) is 29.8 Å². The minimum atomic E-state index is -1.61. The summed E-state index contributed by atoms with van der Waals surface area (Å²) in [6, 6.07) is 5.69. The van der Waals surface area contributed by atoms with Crippen LogP contribution in [0.15, 0.2) is 29.9 Å². The van der Waals surface area contributed by atoms with E-state index in [4.69, 9.17) is 10.5 Å². The van der Waals surface area contributed by atoms with Crippen LogP contribution in [0.4, 0.5) is 10.1 Å².